The summed E-state index contributed by atoms with van der Waals surface area (Å²) in [5.74, 6) is 0.555. The van der Waals surface area contributed by atoms with Crippen LogP contribution in [0, 0.1) is 0 Å². The number of aromatic nitrogens is 3. The SMILES string of the molecule is c1ccc(-c2cccc(-c3cc(-c4ccccc4)nc(-n4c5c6ccccc6oc5c5oc6ccccc6c54)n3)c2)cc1. The van der Waals surface area contributed by atoms with Gasteiger partial charge in [0, 0.05) is 21.9 Å². The van der Waals surface area contributed by atoms with E-state index in [4.69, 9.17) is 18.8 Å². The number of para-hydroxylation sites is 2. The van der Waals surface area contributed by atoms with E-state index in [1.165, 1.54) is 0 Å². The number of benzene rings is 5. The molecule has 0 aliphatic heterocycles. The van der Waals surface area contributed by atoms with Crippen LogP contribution in [-0.2, 0) is 0 Å². The van der Waals surface area contributed by atoms with E-state index in [1.54, 1.807) is 0 Å². The number of hydrogen-bond acceptors (Lipinski definition) is 4. The Balaban J connectivity index is 1.38. The molecule has 0 bridgehead atoms. The van der Waals surface area contributed by atoms with E-state index >= 15 is 0 Å². The molecule has 0 fully saturated rings. The zero-order valence-corrected chi connectivity index (χ0v) is 22.9. The maximum Gasteiger partial charge on any atom is 0.236 e. The number of hydrogen-bond donors (Lipinski definition) is 0. The van der Waals surface area contributed by atoms with E-state index in [9.17, 15) is 0 Å². The molecule has 5 heteroatoms. The Kier molecular flexibility index (Phi) is 5.13. The van der Waals surface area contributed by atoms with Gasteiger partial charge in [0.25, 0.3) is 0 Å². The summed E-state index contributed by atoms with van der Waals surface area (Å²) in [5.41, 5.74) is 10.7. The average molecular weight is 554 g/mol. The Morgan fingerprint density at radius 1 is 0.419 bits per heavy atom. The first-order valence-electron chi connectivity index (χ1n) is 14.3. The predicted octanol–water partition coefficient (Wildman–Crippen LogP) is 10.1. The molecule has 0 amide bonds. The van der Waals surface area contributed by atoms with Gasteiger partial charge in [0.05, 0.1) is 11.4 Å². The summed E-state index contributed by atoms with van der Waals surface area (Å²) in [5, 5.41) is 1.96. The maximum absolute atomic E-state index is 6.42. The van der Waals surface area contributed by atoms with Crippen LogP contribution >= 0.6 is 0 Å². The van der Waals surface area contributed by atoms with Crippen molar-refractivity contribution in [2.45, 2.75) is 0 Å². The van der Waals surface area contributed by atoms with E-state index in [2.05, 4.69) is 83.4 Å². The highest BCUT2D eigenvalue weighted by Crippen LogP contribution is 2.43. The van der Waals surface area contributed by atoms with Crippen molar-refractivity contribution in [1.29, 1.82) is 0 Å². The molecule has 5 nitrogen and oxygen atoms in total. The van der Waals surface area contributed by atoms with Crippen LogP contribution in [0.15, 0.2) is 148 Å². The second kappa shape index (κ2) is 9.29. The Bertz CT molecular complexity index is 2360. The zero-order chi connectivity index (χ0) is 28.3. The fraction of sp³-hybridized carbons (Fsp3) is 0. The molecule has 43 heavy (non-hydrogen) atoms. The minimum atomic E-state index is 0.555. The first-order valence-corrected chi connectivity index (χ1v) is 14.3. The molecule has 0 atom stereocenters. The van der Waals surface area contributed by atoms with Crippen molar-refractivity contribution in [3.63, 3.8) is 0 Å². The van der Waals surface area contributed by atoms with Gasteiger partial charge < -0.3 is 8.83 Å². The highest BCUT2D eigenvalue weighted by molar-refractivity contribution is 6.20. The van der Waals surface area contributed by atoms with Gasteiger partial charge in [-0.25, -0.2) is 9.97 Å². The standard InChI is InChI=1S/C38H23N3O2/c1-3-12-24(13-4-1)26-16-11-17-27(22-26)31-23-30(25-14-5-2-6-15-25)39-38(40-31)41-34-28-18-7-9-20-32(28)42-36(34)37-35(41)29-19-8-10-21-33(29)43-37/h1-23H. The lowest BCUT2D eigenvalue weighted by atomic mass is 10.0. The topological polar surface area (TPSA) is 57.0 Å². The van der Waals surface area contributed by atoms with Gasteiger partial charge in [-0.2, -0.15) is 0 Å². The predicted molar refractivity (Wildman–Crippen MR) is 172 cm³/mol. The van der Waals surface area contributed by atoms with Gasteiger partial charge >= 0.3 is 0 Å². The van der Waals surface area contributed by atoms with E-state index in [-0.39, 0.29) is 0 Å². The summed E-state index contributed by atoms with van der Waals surface area (Å²) in [6.07, 6.45) is 0. The number of furan rings is 2. The van der Waals surface area contributed by atoms with Gasteiger partial charge in [0.15, 0.2) is 11.2 Å². The summed E-state index contributed by atoms with van der Waals surface area (Å²) in [6.45, 7) is 0. The molecule has 0 aliphatic rings. The monoisotopic (exact) mass is 553 g/mol. The molecular weight excluding hydrogens is 530 g/mol. The first kappa shape index (κ1) is 23.7. The second-order valence-electron chi connectivity index (χ2n) is 10.6. The molecule has 4 aromatic heterocycles. The van der Waals surface area contributed by atoms with Crippen LogP contribution < -0.4 is 0 Å². The molecule has 0 saturated carbocycles. The highest BCUT2D eigenvalue weighted by Gasteiger charge is 2.26. The zero-order valence-electron chi connectivity index (χ0n) is 22.9. The minimum absolute atomic E-state index is 0.555. The molecule has 0 saturated heterocycles. The lowest BCUT2D eigenvalue weighted by Crippen LogP contribution is -2.04. The van der Waals surface area contributed by atoms with Crippen LogP contribution in [0.25, 0.3) is 83.7 Å². The van der Waals surface area contributed by atoms with Crippen LogP contribution in [0.4, 0.5) is 0 Å². The Morgan fingerprint density at radius 2 is 0.907 bits per heavy atom. The summed E-state index contributed by atoms with van der Waals surface area (Å²) >= 11 is 0. The summed E-state index contributed by atoms with van der Waals surface area (Å²) in [7, 11) is 0. The largest absolute Gasteiger partial charge is 0.450 e. The van der Waals surface area contributed by atoms with Crippen molar-refractivity contribution in [2.24, 2.45) is 0 Å². The summed E-state index contributed by atoms with van der Waals surface area (Å²) < 4.78 is 15.0. The van der Waals surface area contributed by atoms with Crippen LogP contribution in [0.3, 0.4) is 0 Å². The van der Waals surface area contributed by atoms with Crippen LogP contribution in [0.1, 0.15) is 0 Å². The molecule has 0 N–H and O–H groups in total. The van der Waals surface area contributed by atoms with Gasteiger partial charge in [-0.1, -0.05) is 103 Å². The quantitative estimate of drug-likeness (QED) is 0.218. The number of fused-ring (bicyclic) bond motifs is 7. The van der Waals surface area contributed by atoms with Crippen molar-refractivity contribution in [2.75, 3.05) is 0 Å². The van der Waals surface area contributed by atoms with Crippen molar-refractivity contribution in [3.8, 4) is 39.6 Å². The van der Waals surface area contributed by atoms with Gasteiger partial charge in [0.1, 0.15) is 22.2 Å². The molecular formula is C38H23N3O2. The van der Waals surface area contributed by atoms with Gasteiger partial charge in [0.2, 0.25) is 5.95 Å². The fourth-order valence-corrected chi connectivity index (χ4v) is 6.06. The highest BCUT2D eigenvalue weighted by atomic mass is 16.4. The molecule has 4 heterocycles. The van der Waals surface area contributed by atoms with E-state index in [0.717, 1.165) is 66.6 Å². The van der Waals surface area contributed by atoms with Crippen LogP contribution in [0.2, 0.25) is 0 Å². The van der Waals surface area contributed by atoms with Gasteiger partial charge in [-0.15, -0.1) is 0 Å². The fourth-order valence-electron chi connectivity index (χ4n) is 6.06. The van der Waals surface area contributed by atoms with Gasteiger partial charge in [-0.05, 0) is 47.5 Å². The second-order valence-corrected chi connectivity index (χ2v) is 10.6. The average Bonchev–Trinajstić information content (AvgIpc) is 3.74. The summed E-state index contributed by atoms with van der Waals surface area (Å²) in [4.78, 5) is 10.4. The number of rotatable bonds is 4. The molecule has 9 rings (SSSR count). The Hall–Kier alpha value is -5.94. The minimum Gasteiger partial charge on any atom is -0.450 e. The summed E-state index contributed by atoms with van der Waals surface area (Å²) in [6, 6.07) is 47.4. The third kappa shape index (κ3) is 3.72. The normalized spacial score (nSPS) is 11.7. The van der Waals surface area contributed by atoms with Crippen molar-refractivity contribution in [1.82, 2.24) is 14.5 Å². The number of nitrogens with zero attached hydrogens (tertiary/aromatic N) is 3. The molecule has 5 aromatic carbocycles. The molecule has 0 unspecified atom stereocenters. The smallest absolute Gasteiger partial charge is 0.236 e. The Morgan fingerprint density at radius 3 is 1.53 bits per heavy atom. The molecule has 0 aliphatic carbocycles. The molecule has 0 radical (unpaired) electrons. The van der Waals surface area contributed by atoms with Crippen LogP contribution in [0.5, 0.6) is 0 Å². The molecule has 9 aromatic rings. The van der Waals surface area contributed by atoms with E-state index < -0.39 is 0 Å². The lowest BCUT2D eigenvalue weighted by Gasteiger charge is -2.12. The van der Waals surface area contributed by atoms with Crippen molar-refractivity contribution in [3.05, 3.63) is 140 Å². The van der Waals surface area contributed by atoms with Crippen molar-refractivity contribution < 1.29 is 8.83 Å². The Labute approximate surface area is 246 Å². The third-order valence-corrected chi connectivity index (χ3v) is 8.04. The third-order valence-electron chi connectivity index (χ3n) is 8.04. The molecule has 202 valence electrons. The first-order chi connectivity index (χ1) is 21.3. The lowest BCUT2D eigenvalue weighted by molar-refractivity contribution is 0.634. The van der Waals surface area contributed by atoms with E-state index in [0.29, 0.717) is 17.1 Å². The maximum atomic E-state index is 6.42. The van der Waals surface area contributed by atoms with Crippen molar-refractivity contribution >= 4 is 44.1 Å². The van der Waals surface area contributed by atoms with Gasteiger partial charge in [-0.3, -0.25) is 4.57 Å². The van der Waals surface area contributed by atoms with Crippen LogP contribution in [-0.4, -0.2) is 14.5 Å². The molecule has 0 spiro atoms. The van der Waals surface area contributed by atoms with E-state index in [1.807, 2.05) is 60.7 Å².